The summed E-state index contributed by atoms with van der Waals surface area (Å²) >= 11 is 3.72. The highest BCUT2D eigenvalue weighted by atomic mass is 79.9. The van der Waals surface area contributed by atoms with Crippen LogP contribution in [0, 0.1) is 0 Å². The highest BCUT2D eigenvalue weighted by molar-refractivity contribution is 9.07. The van der Waals surface area contributed by atoms with Gasteiger partial charge in [-0.05, 0) is 34.1 Å². The van der Waals surface area contributed by atoms with Gasteiger partial charge < -0.3 is 10.0 Å². The minimum absolute atomic E-state index is 0.0454. The van der Waals surface area contributed by atoms with E-state index in [1.165, 1.54) is 5.70 Å². The van der Waals surface area contributed by atoms with Crippen LogP contribution in [0.4, 0.5) is 0 Å². The van der Waals surface area contributed by atoms with Crippen molar-refractivity contribution < 1.29 is 5.11 Å². The summed E-state index contributed by atoms with van der Waals surface area (Å²) in [6.45, 7) is 12.9. The fourth-order valence-corrected chi connectivity index (χ4v) is 3.04. The van der Waals surface area contributed by atoms with E-state index < -0.39 is 0 Å². The number of aliphatic hydroxyl groups excluding tert-OH is 1. The second-order valence-electron chi connectivity index (χ2n) is 5.80. The molecule has 0 radical (unpaired) electrons. The first kappa shape index (κ1) is 15.0. The maximum Gasteiger partial charge on any atom is 0.0660 e. The lowest BCUT2D eigenvalue weighted by atomic mass is 9.87. The van der Waals surface area contributed by atoms with Crippen molar-refractivity contribution in [1.29, 1.82) is 0 Å². The van der Waals surface area contributed by atoms with Crippen LogP contribution in [-0.2, 0) is 0 Å². The summed E-state index contributed by atoms with van der Waals surface area (Å²) in [5.41, 5.74) is 1.28. The predicted molar refractivity (Wildman–Crippen MR) is 76.0 cm³/mol. The Balaban J connectivity index is 3.11. The number of aliphatic hydroxyl groups is 1. The molecule has 0 saturated carbocycles. The highest BCUT2D eigenvalue weighted by Gasteiger charge is 2.46. The van der Waals surface area contributed by atoms with E-state index in [-0.39, 0.29) is 17.7 Å². The van der Waals surface area contributed by atoms with Crippen LogP contribution in [0.5, 0.6) is 0 Å². The van der Waals surface area contributed by atoms with Crippen LogP contribution in [0.1, 0.15) is 41.0 Å². The number of allylic oxidation sites excluding steroid dienone is 1. The molecule has 1 fully saturated rings. The minimum atomic E-state index is -0.0626. The molecule has 0 aromatic heterocycles. The van der Waals surface area contributed by atoms with E-state index in [1.54, 1.807) is 0 Å². The van der Waals surface area contributed by atoms with Gasteiger partial charge in [-0.3, -0.25) is 0 Å². The Morgan fingerprint density at radius 2 is 1.94 bits per heavy atom. The smallest absolute Gasteiger partial charge is 0.0660 e. The Hall–Kier alpha value is -0.0600. The molecule has 0 amide bonds. The molecule has 1 aliphatic rings. The van der Waals surface area contributed by atoms with Gasteiger partial charge in [0.1, 0.15) is 0 Å². The summed E-state index contributed by atoms with van der Waals surface area (Å²) in [4.78, 5) is 2.31. The maximum absolute atomic E-state index is 9.22. The SMILES string of the molecule is CC/C=C1/N(CCO)CC(C)(C)N(Br)C1(C)C. The monoisotopic (exact) mass is 304 g/mol. The molecule has 3 nitrogen and oxygen atoms in total. The fraction of sp³-hybridized carbons (Fsp3) is 0.846. The van der Waals surface area contributed by atoms with Gasteiger partial charge in [-0.15, -0.1) is 0 Å². The molecule has 0 spiro atoms. The van der Waals surface area contributed by atoms with E-state index in [1.807, 2.05) is 0 Å². The van der Waals surface area contributed by atoms with Crippen LogP contribution in [0.25, 0.3) is 0 Å². The third-order valence-corrected chi connectivity index (χ3v) is 5.18. The van der Waals surface area contributed by atoms with Crippen molar-refractivity contribution in [3.05, 3.63) is 11.8 Å². The van der Waals surface area contributed by atoms with E-state index in [2.05, 4.69) is 65.7 Å². The zero-order valence-electron chi connectivity index (χ0n) is 11.6. The quantitative estimate of drug-likeness (QED) is 0.812. The van der Waals surface area contributed by atoms with E-state index in [9.17, 15) is 5.11 Å². The molecule has 1 aliphatic heterocycles. The Bertz CT molecular complexity index is 300. The van der Waals surface area contributed by atoms with Gasteiger partial charge in [0.2, 0.25) is 0 Å². The van der Waals surface area contributed by atoms with E-state index in [4.69, 9.17) is 0 Å². The van der Waals surface area contributed by atoms with Gasteiger partial charge in [-0.1, -0.05) is 13.0 Å². The molecule has 1 saturated heterocycles. The lowest BCUT2D eigenvalue weighted by Gasteiger charge is -2.55. The van der Waals surface area contributed by atoms with Crippen molar-refractivity contribution in [2.45, 2.75) is 52.1 Å². The Morgan fingerprint density at radius 3 is 2.41 bits per heavy atom. The number of hydrogen-bond donors (Lipinski definition) is 1. The van der Waals surface area contributed by atoms with E-state index >= 15 is 0 Å². The minimum Gasteiger partial charge on any atom is -0.395 e. The first-order valence-electron chi connectivity index (χ1n) is 6.30. The Kier molecular flexibility index (Phi) is 4.67. The van der Waals surface area contributed by atoms with E-state index in [0.717, 1.165) is 13.0 Å². The van der Waals surface area contributed by atoms with Crippen molar-refractivity contribution in [3.63, 3.8) is 0 Å². The van der Waals surface area contributed by atoms with Crippen LogP contribution >= 0.6 is 16.1 Å². The molecule has 0 atom stereocenters. The van der Waals surface area contributed by atoms with Gasteiger partial charge in [0, 0.05) is 40.5 Å². The molecule has 0 aliphatic carbocycles. The molecular formula is C13H25BrN2O. The van der Waals surface area contributed by atoms with Crippen molar-refractivity contribution in [2.75, 3.05) is 19.7 Å². The van der Waals surface area contributed by atoms with Crippen LogP contribution in [0.2, 0.25) is 0 Å². The molecule has 0 unspecified atom stereocenters. The number of piperazine rings is 1. The molecule has 4 heteroatoms. The Labute approximate surface area is 114 Å². The first-order valence-corrected chi connectivity index (χ1v) is 7.01. The topological polar surface area (TPSA) is 26.7 Å². The Morgan fingerprint density at radius 1 is 1.35 bits per heavy atom. The normalized spacial score (nSPS) is 26.5. The van der Waals surface area contributed by atoms with Crippen LogP contribution in [-0.4, -0.2) is 44.7 Å². The van der Waals surface area contributed by atoms with Gasteiger partial charge in [-0.25, -0.2) is 3.93 Å². The molecule has 0 bridgehead atoms. The summed E-state index contributed by atoms with van der Waals surface area (Å²) in [7, 11) is 0. The summed E-state index contributed by atoms with van der Waals surface area (Å²) < 4.78 is 2.25. The molecule has 100 valence electrons. The second-order valence-corrected chi connectivity index (χ2v) is 6.50. The first-order chi connectivity index (χ1) is 7.77. The zero-order chi connectivity index (χ0) is 13.3. The van der Waals surface area contributed by atoms with Crippen molar-refractivity contribution in [3.8, 4) is 0 Å². The van der Waals surface area contributed by atoms with Crippen LogP contribution < -0.4 is 0 Å². The predicted octanol–water partition coefficient (Wildman–Crippen LogP) is 2.76. The number of hydrogen-bond acceptors (Lipinski definition) is 3. The summed E-state index contributed by atoms with van der Waals surface area (Å²) in [6.07, 6.45) is 3.28. The molecule has 1 N–H and O–H groups in total. The highest BCUT2D eigenvalue weighted by Crippen LogP contribution is 2.41. The van der Waals surface area contributed by atoms with Crippen LogP contribution in [0.3, 0.4) is 0 Å². The van der Waals surface area contributed by atoms with Crippen molar-refractivity contribution in [1.82, 2.24) is 8.83 Å². The van der Waals surface area contributed by atoms with E-state index in [0.29, 0.717) is 6.54 Å². The summed E-state index contributed by atoms with van der Waals surface area (Å²) in [5, 5.41) is 9.22. The molecule has 1 rings (SSSR count). The third kappa shape index (κ3) is 2.85. The van der Waals surface area contributed by atoms with Gasteiger partial charge in [0.25, 0.3) is 0 Å². The van der Waals surface area contributed by atoms with Crippen molar-refractivity contribution >= 4 is 16.1 Å². The van der Waals surface area contributed by atoms with Gasteiger partial charge >= 0.3 is 0 Å². The third-order valence-electron chi connectivity index (χ3n) is 3.33. The molecule has 17 heavy (non-hydrogen) atoms. The molecule has 1 heterocycles. The summed E-state index contributed by atoms with van der Waals surface area (Å²) in [6, 6.07) is 0. The molecular weight excluding hydrogens is 280 g/mol. The largest absolute Gasteiger partial charge is 0.395 e. The van der Waals surface area contributed by atoms with Crippen LogP contribution in [0.15, 0.2) is 11.8 Å². The lowest BCUT2D eigenvalue weighted by Crippen LogP contribution is -2.63. The number of nitrogens with zero attached hydrogens (tertiary/aromatic N) is 2. The second kappa shape index (κ2) is 5.29. The average molecular weight is 305 g/mol. The average Bonchev–Trinajstić information content (AvgIpc) is 2.22. The molecule has 0 aromatic rings. The van der Waals surface area contributed by atoms with Gasteiger partial charge in [0.15, 0.2) is 0 Å². The summed E-state index contributed by atoms with van der Waals surface area (Å²) in [5.74, 6) is 0. The zero-order valence-corrected chi connectivity index (χ0v) is 13.2. The maximum atomic E-state index is 9.22. The number of halogens is 1. The van der Waals surface area contributed by atoms with Gasteiger partial charge in [0.05, 0.1) is 12.1 Å². The standard InChI is InChI=1S/C13H25BrN2O/c1-6-7-11-13(4,5)16(14)12(2,3)10-15(11)8-9-17/h7,17H,6,8-10H2,1-5H3/b11-7+. The number of β-amino-alcohol motifs (C(OH)–C–C–N with tert-alkyl or cyclic N) is 1. The number of rotatable bonds is 3. The molecule has 0 aromatic carbocycles. The van der Waals surface area contributed by atoms with Gasteiger partial charge in [-0.2, -0.15) is 0 Å². The fourth-order valence-electron chi connectivity index (χ4n) is 2.75. The van der Waals surface area contributed by atoms with Crippen molar-refractivity contribution in [2.24, 2.45) is 0 Å². The lowest BCUT2D eigenvalue weighted by molar-refractivity contribution is 0.0412.